The number of ether oxygens (including phenoxy) is 2. The molecule has 0 saturated carbocycles. The molecule has 0 aliphatic carbocycles. The summed E-state index contributed by atoms with van der Waals surface area (Å²) in [5.41, 5.74) is 2.22. The number of nitrogens with zero attached hydrogens (tertiary/aromatic N) is 6. The number of hydrogen-bond donors (Lipinski definition) is 2. The van der Waals surface area contributed by atoms with E-state index < -0.39 is 17.7 Å². The van der Waals surface area contributed by atoms with Gasteiger partial charge in [-0.3, -0.25) is 39.2 Å². The van der Waals surface area contributed by atoms with Gasteiger partial charge < -0.3 is 19.7 Å². The predicted molar refractivity (Wildman–Crippen MR) is 187 cm³/mol. The standard InChI is InChI=1S/C20H23N3O4.C17H17N3O4/c1-20(2,26)15-10-16(12-21-11-15)22-9-8-18(24)23(19(22)25)13-14-4-6-17(27-3)7-5-14;1-24-15-4-2-12(3-5-15)11-20-16(22)6-7-19(17(20)23)13-8-14(21)10-18-9-13/h4-7,10-12,26H,8-9,13H2,1-3H3;2-5,8-10,21H,6-7,11H2,1H3. The van der Waals surface area contributed by atoms with Crippen molar-refractivity contribution in [1.29, 1.82) is 0 Å². The van der Waals surface area contributed by atoms with E-state index in [1.165, 1.54) is 38.1 Å². The molecule has 2 aromatic heterocycles. The van der Waals surface area contributed by atoms with Gasteiger partial charge in [0.1, 0.15) is 17.2 Å². The van der Waals surface area contributed by atoms with Gasteiger partial charge in [-0.2, -0.15) is 0 Å². The molecule has 2 aliphatic heterocycles. The Kier molecular flexibility index (Phi) is 11.2. The number of pyridine rings is 2. The summed E-state index contributed by atoms with van der Waals surface area (Å²) in [6.07, 6.45) is 6.36. The van der Waals surface area contributed by atoms with Crippen LogP contribution in [-0.2, 0) is 28.3 Å². The number of aromatic hydroxyl groups is 1. The third-order valence-electron chi connectivity index (χ3n) is 8.39. The zero-order chi connectivity index (χ0) is 36.7. The van der Waals surface area contributed by atoms with E-state index in [2.05, 4.69) is 9.97 Å². The van der Waals surface area contributed by atoms with Crippen LogP contribution >= 0.6 is 0 Å². The lowest BCUT2D eigenvalue weighted by Gasteiger charge is -2.34. The smallest absolute Gasteiger partial charge is 0.331 e. The second-order valence-electron chi connectivity index (χ2n) is 12.4. The van der Waals surface area contributed by atoms with Crippen molar-refractivity contribution in [3.8, 4) is 17.2 Å². The molecule has 2 N–H and O–H groups in total. The fraction of sp³-hybridized carbons (Fsp3) is 0.297. The summed E-state index contributed by atoms with van der Waals surface area (Å²) in [5.74, 6) is 0.964. The second kappa shape index (κ2) is 15.7. The van der Waals surface area contributed by atoms with E-state index in [9.17, 15) is 29.4 Å². The number of carbonyl (C=O) groups is 4. The summed E-state index contributed by atoms with van der Waals surface area (Å²) in [6, 6.07) is 16.8. The van der Waals surface area contributed by atoms with E-state index in [1.807, 2.05) is 24.3 Å². The second-order valence-corrected chi connectivity index (χ2v) is 12.4. The van der Waals surface area contributed by atoms with Crippen LogP contribution < -0.4 is 19.3 Å². The number of imide groups is 2. The molecule has 0 spiro atoms. The molecule has 4 aromatic rings. The van der Waals surface area contributed by atoms with Crippen molar-refractivity contribution in [3.05, 3.63) is 102 Å². The molecule has 6 amide bonds. The van der Waals surface area contributed by atoms with Crippen LogP contribution in [0.15, 0.2) is 85.5 Å². The summed E-state index contributed by atoms with van der Waals surface area (Å²) >= 11 is 0. The highest BCUT2D eigenvalue weighted by atomic mass is 16.5. The van der Waals surface area contributed by atoms with Gasteiger partial charge >= 0.3 is 12.1 Å². The number of anilines is 2. The Balaban J connectivity index is 0.000000199. The van der Waals surface area contributed by atoms with Crippen molar-refractivity contribution in [2.75, 3.05) is 37.1 Å². The molecular formula is C37H40N6O8. The first-order chi connectivity index (χ1) is 24.4. The van der Waals surface area contributed by atoms with Crippen molar-refractivity contribution in [2.45, 2.75) is 45.4 Å². The maximum atomic E-state index is 12.9. The molecule has 51 heavy (non-hydrogen) atoms. The molecule has 2 fully saturated rings. The summed E-state index contributed by atoms with van der Waals surface area (Å²) in [6.45, 7) is 4.24. The molecule has 2 aliphatic rings. The number of aliphatic hydroxyl groups is 1. The molecule has 0 unspecified atom stereocenters. The number of amides is 6. The monoisotopic (exact) mass is 696 g/mol. The minimum atomic E-state index is -1.07. The quantitative estimate of drug-likeness (QED) is 0.248. The summed E-state index contributed by atoms with van der Waals surface area (Å²) in [5, 5.41) is 19.7. The third-order valence-corrected chi connectivity index (χ3v) is 8.39. The normalized spacial score (nSPS) is 15.1. The molecule has 14 heteroatoms. The Bertz CT molecular complexity index is 1880. The Hall–Kier alpha value is -6.02. The van der Waals surface area contributed by atoms with Crippen LogP contribution in [0.2, 0.25) is 0 Å². The fourth-order valence-electron chi connectivity index (χ4n) is 5.47. The van der Waals surface area contributed by atoms with Crippen molar-refractivity contribution >= 4 is 35.3 Å². The van der Waals surface area contributed by atoms with E-state index in [0.717, 1.165) is 11.1 Å². The maximum absolute atomic E-state index is 12.9. The van der Waals surface area contributed by atoms with Crippen LogP contribution in [0.5, 0.6) is 17.2 Å². The Morgan fingerprint density at radius 2 is 1.10 bits per heavy atom. The van der Waals surface area contributed by atoms with Crippen LogP contribution in [0, 0.1) is 0 Å². The van der Waals surface area contributed by atoms with E-state index >= 15 is 0 Å². The Morgan fingerprint density at radius 1 is 0.667 bits per heavy atom. The molecule has 2 aromatic carbocycles. The lowest BCUT2D eigenvalue weighted by molar-refractivity contribution is -0.130. The number of methoxy groups -OCH3 is 2. The third kappa shape index (κ3) is 8.78. The average Bonchev–Trinajstić information content (AvgIpc) is 3.12. The van der Waals surface area contributed by atoms with E-state index in [4.69, 9.17) is 9.47 Å². The summed E-state index contributed by atoms with van der Waals surface area (Å²) < 4.78 is 10.2. The molecule has 6 rings (SSSR count). The zero-order valence-electron chi connectivity index (χ0n) is 28.9. The highest BCUT2D eigenvalue weighted by Crippen LogP contribution is 2.28. The number of rotatable bonds is 9. The molecule has 266 valence electrons. The van der Waals surface area contributed by atoms with Gasteiger partial charge in [-0.25, -0.2) is 9.59 Å². The SMILES string of the molecule is COc1ccc(CN2C(=O)CCN(c3cncc(C(C)(C)O)c3)C2=O)cc1.COc1ccc(CN2C(=O)CCN(c3cncc(O)c3)C2=O)cc1. The highest BCUT2D eigenvalue weighted by Gasteiger charge is 2.34. The average molecular weight is 697 g/mol. The van der Waals surface area contributed by atoms with Crippen LogP contribution in [0.4, 0.5) is 21.0 Å². The van der Waals surface area contributed by atoms with Crippen molar-refractivity contribution in [1.82, 2.24) is 19.8 Å². The van der Waals surface area contributed by atoms with Crippen LogP contribution in [0.1, 0.15) is 43.4 Å². The number of urea groups is 2. The number of carbonyl (C=O) groups excluding carboxylic acids is 4. The Labute approximate surface area is 295 Å². The molecule has 4 heterocycles. The van der Waals surface area contributed by atoms with Gasteiger partial charge in [0.2, 0.25) is 11.8 Å². The van der Waals surface area contributed by atoms with E-state index in [-0.39, 0.29) is 56.6 Å². The highest BCUT2D eigenvalue weighted by molar-refractivity contribution is 6.06. The minimum absolute atomic E-state index is 0.0288. The van der Waals surface area contributed by atoms with Crippen molar-refractivity contribution < 1.29 is 38.9 Å². The first-order valence-corrected chi connectivity index (χ1v) is 16.2. The van der Waals surface area contributed by atoms with Crippen molar-refractivity contribution in [2.24, 2.45) is 0 Å². The molecule has 0 radical (unpaired) electrons. The minimum Gasteiger partial charge on any atom is -0.506 e. The maximum Gasteiger partial charge on any atom is 0.331 e. The van der Waals surface area contributed by atoms with Gasteiger partial charge in [0.05, 0.1) is 62.9 Å². The summed E-state index contributed by atoms with van der Waals surface area (Å²) in [7, 11) is 3.16. The largest absolute Gasteiger partial charge is 0.506 e. The Morgan fingerprint density at radius 3 is 1.51 bits per heavy atom. The summed E-state index contributed by atoms with van der Waals surface area (Å²) in [4.78, 5) is 63.5. The van der Waals surface area contributed by atoms with Gasteiger partial charge in [-0.05, 0) is 55.3 Å². The topological polar surface area (TPSA) is 166 Å². The van der Waals surface area contributed by atoms with E-state index in [0.29, 0.717) is 28.4 Å². The number of hydrogen-bond acceptors (Lipinski definition) is 10. The lowest BCUT2D eigenvalue weighted by Crippen LogP contribution is -2.52. The fourth-order valence-corrected chi connectivity index (χ4v) is 5.47. The molecule has 0 atom stereocenters. The lowest BCUT2D eigenvalue weighted by atomic mass is 10.00. The van der Waals surface area contributed by atoms with E-state index in [1.54, 1.807) is 70.8 Å². The first-order valence-electron chi connectivity index (χ1n) is 16.2. The van der Waals surface area contributed by atoms with Gasteiger partial charge in [0.25, 0.3) is 0 Å². The van der Waals surface area contributed by atoms with Crippen LogP contribution in [0.3, 0.4) is 0 Å². The van der Waals surface area contributed by atoms with Gasteiger partial charge in [-0.1, -0.05) is 24.3 Å². The number of benzene rings is 2. The molecular weight excluding hydrogens is 656 g/mol. The van der Waals surface area contributed by atoms with Crippen LogP contribution in [0.25, 0.3) is 0 Å². The molecule has 14 nitrogen and oxygen atoms in total. The van der Waals surface area contributed by atoms with Gasteiger partial charge in [-0.15, -0.1) is 0 Å². The molecule has 0 bridgehead atoms. The predicted octanol–water partition coefficient (Wildman–Crippen LogP) is 4.83. The van der Waals surface area contributed by atoms with Gasteiger partial charge in [0.15, 0.2) is 0 Å². The van der Waals surface area contributed by atoms with Gasteiger partial charge in [0, 0.05) is 43.8 Å². The molecule has 2 saturated heterocycles. The zero-order valence-corrected chi connectivity index (χ0v) is 28.9. The van der Waals surface area contributed by atoms with Crippen molar-refractivity contribution in [3.63, 3.8) is 0 Å². The number of aromatic nitrogens is 2. The van der Waals surface area contributed by atoms with Crippen LogP contribution in [-0.4, -0.2) is 81.2 Å². The first kappa shape index (κ1) is 36.3.